The van der Waals surface area contributed by atoms with Crippen molar-refractivity contribution in [1.29, 1.82) is 0 Å². The molecular formula is C20H21BrN2O4. The van der Waals surface area contributed by atoms with Crippen LogP contribution in [0.1, 0.15) is 41.6 Å². The number of aromatic nitrogens is 1. The van der Waals surface area contributed by atoms with Gasteiger partial charge in [0.15, 0.2) is 11.4 Å². The fourth-order valence-corrected chi connectivity index (χ4v) is 4.17. The summed E-state index contributed by atoms with van der Waals surface area (Å²) < 4.78 is 14.0. The quantitative estimate of drug-likeness (QED) is 0.744. The van der Waals surface area contributed by atoms with Gasteiger partial charge >= 0.3 is 0 Å². The lowest BCUT2D eigenvalue weighted by Crippen LogP contribution is -2.51. The van der Waals surface area contributed by atoms with Gasteiger partial charge in [-0.05, 0) is 35.3 Å². The van der Waals surface area contributed by atoms with Crippen LogP contribution >= 0.6 is 15.9 Å². The molecule has 2 aliphatic rings. The summed E-state index contributed by atoms with van der Waals surface area (Å²) in [7, 11) is 0. The van der Waals surface area contributed by atoms with E-state index in [1.165, 1.54) is 0 Å². The summed E-state index contributed by atoms with van der Waals surface area (Å²) in [5, 5.41) is 0. The molecule has 3 heterocycles. The van der Waals surface area contributed by atoms with E-state index in [1.54, 1.807) is 4.90 Å². The molecule has 0 N–H and O–H groups in total. The van der Waals surface area contributed by atoms with Crippen LogP contribution in [0.25, 0.3) is 0 Å². The van der Waals surface area contributed by atoms with E-state index >= 15 is 0 Å². The minimum atomic E-state index is -0.310. The number of nitrogens with zero attached hydrogens (tertiary/aromatic N) is 2. The van der Waals surface area contributed by atoms with Crippen molar-refractivity contribution >= 4 is 21.8 Å². The summed E-state index contributed by atoms with van der Waals surface area (Å²) in [5.74, 6) is -0.0613. The normalized spacial score (nSPS) is 18.6. The molecule has 0 fully saturated rings. The summed E-state index contributed by atoms with van der Waals surface area (Å²) in [6.45, 7) is 5.53. The van der Waals surface area contributed by atoms with E-state index < -0.39 is 0 Å². The van der Waals surface area contributed by atoms with Crippen molar-refractivity contribution in [3.05, 3.63) is 62.0 Å². The molecule has 6 nitrogen and oxygen atoms in total. The second-order valence-corrected chi connectivity index (χ2v) is 7.93. The van der Waals surface area contributed by atoms with Crippen LogP contribution in [-0.4, -0.2) is 34.6 Å². The molecular weight excluding hydrogens is 412 g/mol. The molecule has 2 aromatic rings. The molecule has 4 rings (SSSR count). The largest absolute Gasteiger partial charge is 0.483 e. The molecule has 0 aliphatic carbocycles. The summed E-state index contributed by atoms with van der Waals surface area (Å²) in [4.78, 5) is 28.0. The molecule has 0 bridgehead atoms. The van der Waals surface area contributed by atoms with Gasteiger partial charge < -0.3 is 18.9 Å². The first-order valence-electron chi connectivity index (χ1n) is 9.01. The molecule has 142 valence electrons. The molecule has 2 aliphatic heterocycles. The maximum atomic E-state index is 13.2. The van der Waals surface area contributed by atoms with Gasteiger partial charge in [-0.2, -0.15) is 0 Å². The van der Waals surface area contributed by atoms with Gasteiger partial charge in [-0.3, -0.25) is 9.59 Å². The van der Waals surface area contributed by atoms with Gasteiger partial charge in [-0.25, -0.2) is 0 Å². The van der Waals surface area contributed by atoms with Crippen molar-refractivity contribution < 1.29 is 14.3 Å². The number of halogens is 1. The molecule has 0 saturated carbocycles. The summed E-state index contributed by atoms with van der Waals surface area (Å²) in [6, 6.07) is 9.60. The molecule has 1 aromatic carbocycles. The zero-order valence-corrected chi connectivity index (χ0v) is 16.9. The van der Waals surface area contributed by atoms with Crippen LogP contribution < -0.4 is 10.2 Å². The highest BCUT2D eigenvalue weighted by Crippen LogP contribution is 2.35. The lowest BCUT2D eigenvalue weighted by molar-refractivity contribution is 0.0191. The molecule has 27 heavy (non-hydrogen) atoms. The minimum Gasteiger partial charge on any atom is -0.483 e. The molecule has 1 atom stereocenters. The first kappa shape index (κ1) is 18.3. The predicted molar refractivity (Wildman–Crippen MR) is 104 cm³/mol. The van der Waals surface area contributed by atoms with Crippen LogP contribution in [0.15, 0.2) is 39.6 Å². The molecule has 0 radical (unpaired) electrons. The molecule has 0 saturated heterocycles. The molecule has 1 aromatic heterocycles. The topological polar surface area (TPSA) is 60.8 Å². The van der Waals surface area contributed by atoms with Crippen LogP contribution in [0.4, 0.5) is 0 Å². The number of hydrogen-bond donors (Lipinski definition) is 0. The fourth-order valence-electron chi connectivity index (χ4n) is 3.68. The lowest BCUT2D eigenvalue weighted by atomic mass is 10.1. The number of carbonyl (C=O) groups is 1. The highest BCUT2D eigenvalue weighted by Gasteiger charge is 2.40. The minimum absolute atomic E-state index is 0.0253. The van der Waals surface area contributed by atoms with E-state index in [1.807, 2.05) is 48.7 Å². The van der Waals surface area contributed by atoms with E-state index in [2.05, 4.69) is 15.9 Å². The van der Waals surface area contributed by atoms with Crippen molar-refractivity contribution in [3.8, 4) is 5.75 Å². The average Bonchev–Trinajstić information content (AvgIpc) is 2.67. The Morgan fingerprint density at radius 1 is 1.26 bits per heavy atom. The van der Waals surface area contributed by atoms with Crippen LogP contribution in [0.3, 0.4) is 0 Å². The third kappa shape index (κ3) is 3.08. The van der Waals surface area contributed by atoms with Crippen molar-refractivity contribution in [1.82, 2.24) is 9.47 Å². The predicted octanol–water partition coefficient (Wildman–Crippen LogP) is 3.13. The number of hydrogen-bond acceptors (Lipinski definition) is 4. The van der Waals surface area contributed by atoms with Gasteiger partial charge in [0.25, 0.3) is 5.91 Å². The SMILES string of the molecule is CC(C)N1C[C@H]2COCc3c(Br)c(=O)c(OCc4ccccc4)c(n32)C1=O. The van der Waals surface area contributed by atoms with Crippen LogP contribution in [0.5, 0.6) is 5.75 Å². The smallest absolute Gasteiger partial charge is 0.274 e. The summed E-state index contributed by atoms with van der Waals surface area (Å²) in [5.41, 5.74) is 1.67. The Bertz CT molecular complexity index is 939. The van der Waals surface area contributed by atoms with Crippen molar-refractivity contribution in [3.63, 3.8) is 0 Å². The fraction of sp³-hybridized carbons (Fsp3) is 0.400. The maximum absolute atomic E-state index is 13.2. The zero-order valence-electron chi connectivity index (χ0n) is 15.3. The molecule has 7 heteroatoms. The van der Waals surface area contributed by atoms with Crippen LogP contribution in [0, 0.1) is 0 Å². The van der Waals surface area contributed by atoms with Crippen molar-refractivity contribution in [2.45, 2.75) is 39.1 Å². The van der Waals surface area contributed by atoms with Gasteiger partial charge in [0, 0.05) is 12.6 Å². The van der Waals surface area contributed by atoms with E-state index in [-0.39, 0.29) is 35.8 Å². The maximum Gasteiger partial charge on any atom is 0.274 e. The Morgan fingerprint density at radius 3 is 2.70 bits per heavy atom. The Hall–Kier alpha value is -2.12. The molecule has 0 spiro atoms. The van der Waals surface area contributed by atoms with E-state index in [0.29, 0.717) is 35.6 Å². The third-order valence-corrected chi connectivity index (χ3v) is 5.86. The van der Waals surface area contributed by atoms with Crippen molar-refractivity contribution in [2.75, 3.05) is 13.2 Å². The second-order valence-electron chi connectivity index (χ2n) is 7.13. The summed E-state index contributed by atoms with van der Waals surface area (Å²) >= 11 is 3.40. The monoisotopic (exact) mass is 432 g/mol. The second kappa shape index (κ2) is 7.13. The molecule has 1 amide bonds. The lowest BCUT2D eigenvalue weighted by Gasteiger charge is -2.42. The zero-order chi connectivity index (χ0) is 19.1. The summed E-state index contributed by atoms with van der Waals surface area (Å²) in [6.07, 6.45) is 0. The third-order valence-electron chi connectivity index (χ3n) is 5.04. The Labute approximate surface area is 165 Å². The average molecular weight is 433 g/mol. The Morgan fingerprint density at radius 2 is 2.00 bits per heavy atom. The van der Waals surface area contributed by atoms with E-state index in [0.717, 1.165) is 5.56 Å². The van der Waals surface area contributed by atoms with Crippen molar-refractivity contribution in [2.24, 2.45) is 0 Å². The standard InChI is InChI=1S/C20H21BrN2O4/c1-12(2)22-8-14-10-26-11-15-16(21)18(24)19(17(20(22)25)23(14)15)27-9-13-6-4-3-5-7-13/h3-7,12,14H,8-11H2,1-2H3/t14-/m0/s1. The van der Waals surface area contributed by atoms with Gasteiger partial charge in [0.2, 0.25) is 5.43 Å². The number of rotatable bonds is 4. The van der Waals surface area contributed by atoms with Gasteiger partial charge in [-0.15, -0.1) is 0 Å². The van der Waals surface area contributed by atoms with Crippen LogP contribution in [-0.2, 0) is 18.0 Å². The van der Waals surface area contributed by atoms with Gasteiger partial charge in [0.1, 0.15) is 6.61 Å². The first-order chi connectivity index (χ1) is 13.0. The number of pyridine rings is 1. The molecule has 0 unspecified atom stereocenters. The van der Waals surface area contributed by atoms with Gasteiger partial charge in [-0.1, -0.05) is 30.3 Å². The van der Waals surface area contributed by atoms with E-state index in [9.17, 15) is 9.59 Å². The highest BCUT2D eigenvalue weighted by atomic mass is 79.9. The highest BCUT2D eigenvalue weighted by molar-refractivity contribution is 9.10. The Balaban J connectivity index is 1.84. The Kier molecular flexibility index (Phi) is 4.82. The number of benzene rings is 1. The number of amides is 1. The van der Waals surface area contributed by atoms with E-state index in [4.69, 9.17) is 9.47 Å². The van der Waals surface area contributed by atoms with Crippen LogP contribution in [0.2, 0.25) is 0 Å². The number of carbonyl (C=O) groups excluding carboxylic acids is 1. The van der Waals surface area contributed by atoms with Gasteiger partial charge in [0.05, 0.1) is 29.4 Å². The first-order valence-corrected chi connectivity index (χ1v) is 9.80. The number of ether oxygens (including phenoxy) is 2.